The molecule has 1 aliphatic carbocycles. The zero-order valence-electron chi connectivity index (χ0n) is 19.2. The number of carbonyl (C=O) groups excluding carboxylic acids is 1. The summed E-state index contributed by atoms with van der Waals surface area (Å²) in [6, 6.07) is 8.69. The lowest BCUT2D eigenvalue weighted by Gasteiger charge is -2.18. The normalized spacial score (nSPS) is 22.0. The van der Waals surface area contributed by atoms with E-state index in [1.807, 2.05) is 35.8 Å². The Morgan fingerprint density at radius 2 is 2.17 bits per heavy atom. The van der Waals surface area contributed by atoms with E-state index in [-0.39, 0.29) is 23.6 Å². The Bertz CT molecular complexity index is 1370. The van der Waals surface area contributed by atoms with Crippen LogP contribution in [0.5, 0.6) is 0 Å². The first-order valence-corrected chi connectivity index (χ1v) is 13.3. The molecule has 2 aromatic heterocycles. The van der Waals surface area contributed by atoms with E-state index in [9.17, 15) is 22.7 Å². The molecule has 4 N–H and O–H groups in total. The fourth-order valence-electron chi connectivity index (χ4n) is 4.26. The summed E-state index contributed by atoms with van der Waals surface area (Å²) < 4.78 is 44.3. The second-order valence-electron chi connectivity index (χ2n) is 8.70. The summed E-state index contributed by atoms with van der Waals surface area (Å²) in [4.78, 5) is 21.4. The second kappa shape index (κ2) is 10.7. The van der Waals surface area contributed by atoms with Crippen molar-refractivity contribution < 1.29 is 26.9 Å². The molecule has 2 heterocycles. The van der Waals surface area contributed by atoms with Crippen LogP contribution < -0.4 is 10.5 Å². The number of rotatable bonds is 9. The molecular weight excluding hydrogens is 557 g/mol. The van der Waals surface area contributed by atoms with Crippen LogP contribution in [-0.2, 0) is 21.0 Å². The topological polar surface area (TPSA) is 149 Å². The van der Waals surface area contributed by atoms with Crippen molar-refractivity contribution in [2.45, 2.75) is 38.2 Å². The van der Waals surface area contributed by atoms with Crippen LogP contribution >= 0.6 is 15.9 Å². The Labute approximate surface area is 216 Å². The van der Waals surface area contributed by atoms with Gasteiger partial charge in [-0.05, 0) is 37.1 Å². The number of benzene rings is 1. The summed E-state index contributed by atoms with van der Waals surface area (Å²) in [6.07, 6.45) is 1.14. The van der Waals surface area contributed by atoms with Crippen LogP contribution in [-0.4, -0.2) is 58.8 Å². The van der Waals surface area contributed by atoms with Crippen LogP contribution in [0.2, 0.25) is 0 Å². The number of halogens is 2. The van der Waals surface area contributed by atoms with Gasteiger partial charge in [0.25, 0.3) is 0 Å². The van der Waals surface area contributed by atoms with Crippen molar-refractivity contribution in [2.24, 2.45) is 11.1 Å². The van der Waals surface area contributed by atoms with E-state index in [1.54, 1.807) is 12.3 Å². The van der Waals surface area contributed by atoms with Gasteiger partial charge in [-0.15, -0.1) is 0 Å². The highest BCUT2D eigenvalue weighted by atomic mass is 79.9. The molecule has 192 valence electrons. The lowest BCUT2D eigenvalue weighted by atomic mass is 10.1. The molecule has 36 heavy (non-hydrogen) atoms. The van der Waals surface area contributed by atoms with Gasteiger partial charge in [0.1, 0.15) is 18.3 Å². The molecule has 1 saturated carbocycles. The van der Waals surface area contributed by atoms with Crippen LogP contribution in [0, 0.1) is 12.8 Å². The maximum Gasteiger partial charge on any atom is 0.333 e. The number of hydrogen-bond donors (Lipinski definition) is 3. The second-order valence-corrected chi connectivity index (χ2v) is 10.8. The molecular formula is C23H25BrFN5O5S. The minimum atomic E-state index is -4.22. The smallest absolute Gasteiger partial charge is 0.333 e. The molecule has 0 bridgehead atoms. The molecule has 0 unspecified atom stereocenters. The number of aliphatic hydroxyl groups is 1. The molecule has 0 spiro atoms. The number of carbonyl (C=O) groups is 1. The van der Waals surface area contributed by atoms with E-state index < -0.39 is 41.1 Å². The quantitative estimate of drug-likeness (QED) is 0.326. The van der Waals surface area contributed by atoms with Crippen LogP contribution in [0.3, 0.4) is 0 Å². The minimum Gasteiger partial charge on any atom is -0.390 e. The zero-order chi connectivity index (χ0) is 26.0. The molecule has 13 heteroatoms. The van der Waals surface area contributed by atoms with Gasteiger partial charge in [-0.25, -0.2) is 19.5 Å². The van der Waals surface area contributed by atoms with Crippen LogP contribution in [0.15, 0.2) is 53.5 Å². The Morgan fingerprint density at radius 1 is 1.39 bits per heavy atom. The fraction of sp³-hybridized carbons (Fsp3) is 0.348. The third-order valence-electron chi connectivity index (χ3n) is 6.09. The summed E-state index contributed by atoms with van der Waals surface area (Å²) in [5, 5.41) is 17.9. The van der Waals surface area contributed by atoms with Crippen molar-refractivity contribution in [3.8, 4) is 0 Å². The van der Waals surface area contributed by atoms with Crippen molar-refractivity contribution in [1.82, 2.24) is 14.5 Å². The molecule has 1 fully saturated rings. The molecule has 0 radical (unpaired) electrons. The zero-order valence-corrected chi connectivity index (χ0v) is 21.6. The van der Waals surface area contributed by atoms with Crippen molar-refractivity contribution in [3.63, 3.8) is 0 Å². The van der Waals surface area contributed by atoms with Gasteiger partial charge in [-0.1, -0.05) is 28.1 Å². The first-order chi connectivity index (χ1) is 17.0. The number of ketones is 1. The lowest BCUT2D eigenvalue weighted by molar-refractivity contribution is 0.0501. The molecule has 0 aliphatic heterocycles. The van der Waals surface area contributed by atoms with Crippen LogP contribution in [0.25, 0.3) is 0 Å². The van der Waals surface area contributed by atoms with E-state index >= 15 is 0 Å². The number of aromatic nitrogens is 3. The average molecular weight is 582 g/mol. The van der Waals surface area contributed by atoms with Crippen molar-refractivity contribution in [3.05, 3.63) is 75.9 Å². The Morgan fingerprint density at radius 3 is 2.89 bits per heavy atom. The van der Waals surface area contributed by atoms with Gasteiger partial charge in [0.05, 0.1) is 24.3 Å². The maximum absolute atomic E-state index is 14.8. The van der Waals surface area contributed by atoms with E-state index in [0.29, 0.717) is 12.1 Å². The highest BCUT2D eigenvalue weighted by Crippen LogP contribution is 2.32. The number of aryl methyl sites for hydroxylation is 1. The van der Waals surface area contributed by atoms with Crippen LogP contribution in [0.4, 0.5) is 10.2 Å². The number of anilines is 1. The number of aliphatic hydroxyl groups excluding tert-OH is 1. The molecule has 4 rings (SSSR count). The third-order valence-corrected chi connectivity index (χ3v) is 7.05. The maximum atomic E-state index is 14.8. The van der Waals surface area contributed by atoms with Crippen molar-refractivity contribution in [1.29, 1.82) is 0 Å². The number of nitrogens with one attached hydrogen (secondary N) is 1. The van der Waals surface area contributed by atoms with Gasteiger partial charge in [-0.3, -0.25) is 8.98 Å². The molecule has 3 aromatic rings. The monoisotopic (exact) mass is 581 g/mol. The lowest BCUT2D eigenvalue weighted by Crippen LogP contribution is -2.33. The molecule has 10 nitrogen and oxygen atoms in total. The standard InChI is InChI=1S/C23H25BrFN5O5S/c1-13-5-15(10-30(13)9-14-3-2-4-17(24)6-14)21(31)18-8-27-12-28-23(18)29-19-7-16(22(32)20(19)25)11-35-36(26,33)34/h2-6,8,10,12,16,19-20,22,32H,7,9,11H2,1H3,(H2,26,33,34)(H,27,28,29)/t16-,19-,20-,22-/m1/s1. The van der Waals surface area contributed by atoms with E-state index in [2.05, 4.69) is 35.4 Å². The first kappa shape index (κ1) is 26.4. The van der Waals surface area contributed by atoms with Crippen LogP contribution in [0.1, 0.15) is 33.6 Å². The van der Waals surface area contributed by atoms with Gasteiger partial charge in [0.15, 0.2) is 5.78 Å². The summed E-state index contributed by atoms with van der Waals surface area (Å²) in [7, 11) is -4.22. The Kier molecular flexibility index (Phi) is 7.85. The van der Waals surface area contributed by atoms with Gasteiger partial charge < -0.3 is 15.0 Å². The van der Waals surface area contributed by atoms with Gasteiger partial charge >= 0.3 is 10.3 Å². The number of nitrogens with two attached hydrogens (primary N) is 1. The SMILES string of the molecule is Cc1cc(C(=O)c2cncnc2N[C@@H]2C[C@H](COS(N)(=O)=O)[C@@H](O)[C@@H]2F)cn1Cc1cccc(Br)c1. The number of alkyl halides is 1. The predicted molar refractivity (Wildman–Crippen MR) is 133 cm³/mol. The molecule has 0 amide bonds. The number of hydrogen-bond acceptors (Lipinski definition) is 8. The van der Waals surface area contributed by atoms with Gasteiger partial charge in [-0.2, -0.15) is 8.42 Å². The van der Waals surface area contributed by atoms with Gasteiger partial charge in [0, 0.05) is 40.6 Å². The molecule has 1 aromatic carbocycles. The summed E-state index contributed by atoms with van der Waals surface area (Å²) >= 11 is 3.46. The molecule has 0 saturated heterocycles. The Balaban J connectivity index is 1.51. The molecule has 1 aliphatic rings. The Hall–Kier alpha value is -2.71. The van der Waals surface area contributed by atoms with E-state index in [1.165, 1.54) is 12.5 Å². The highest BCUT2D eigenvalue weighted by Gasteiger charge is 2.44. The number of nitrogens with zero attached hydrogens (tertiary/aromatic N) is 3. The fourth-order valence-corrected chi connectivity index (χ4v) is 5.08. The first-order valence-electron chi connectivity index (χ1n) is 11.0. The molecule has 4 atom stereocenters. The van der Waals surface area contributed by atoms with Crippen molar-refractivity contribution >= 4 is 37.8 Å². The van der Waals surface area contributed by atoms with E-state index in [4.69, 9.17) is 5.14 Å². The summed E-state index contributed by atoms with van der Waals surface area (Å²) in [5.74, 6) is -1.05. The van der Waals surface area contributed by atoms with E-state index in [0.717, 1.165) is 15.7 Å². The predicted octanol–water partition coefficient (Wildman–Crippen LogP) is 2.35. The highest BCUT2D eigenvalue weighted by molar-refractivity contribution is 9.10. The van der Waals surface area contributed by atoms with Crippen molar-refractivity contribution in [2.75, 3.05) is 11.9 Å². The summed E-state index contributed by atoms with van der Waals surface area (Å²) in [5.41, 5.74) is 2.50. The summed E-state index contributed by atoms with van der Waals surface area (Å²) in [6.45, 7) is 2.01. The van der Waals surface area contributed by atoms with Gasteiger partial charge in [0.2, 0.25) is 0 Å². The largest absolute Gasteiger partial charge is 0.390 e. The average Bonchev–Trinajstić information content (AvgIpc) is 3.31. The minimum absolute atomic E-state index is 0.0393. The third kappa shape index (κ3) is 6.16.